The number of aromatic nitrogens is 1. The predicted molar refractivity (Wildman–Crippen MR) is 179 cm³/mol. The van der Waals surface area contributed by atoms with Gasteiger partial charge in [0, 0.05) is 28.7 Å². The number of hydrogen-bond acceptors (Lipinski definition) is 3. The lowest BCUT2D eigenvalue weighted by Gasteiger charge is -2.45. The minimum Gasteiger partial charge on any atom is -0.410 e. The lowest BCUT2D eigenvalue weighted by Crippen LogP contribution is -2.44. The predicted octanol–water partition coefficient (Wildman–Crippen LogP) is 10.6. The van der Waals surface area contributed by atoms with Crippen molar-refractivity contribution in [1.29, 1.82) is 0 Å². The molecule has 2 aromatic rings. The van der Waals surface area contributed by atoms with E-state index in [1.807, 2.05) is 0 Å². The van der Waals surface area contributed by atoms with Gasteiger partial charge in [0.05, 0.1) is 11.8 Å². The van der Waals surface area contributed by atoms with Crippen molar-refractivity contribution in [3.05, 3.63) is 75.6 Å². The molecule has 0 amide bonds. The third-order valence-corrected chi connectivity index (χ3v) is 15.3. The van der Waals surface area contributed by atoms with Crippen molar-refractivity contribution >= 4 is 8.32 Å². The highest BCUT2D eigenvalue weighted by Gasteiger charge is 2.46. The van der Waals surface area contributed by atoms with Crippen molar-refractivity contribution in [3.8, 4) is 0 Å². The molecule has 0 spiro atoms. The molecular weight excluding hydrogens is 531 g/mol. The Labute approximate surface area is 257 Å². The fourth-order valence-electron chi connectivity index (χ4n) is 7.37. The fraction of sp³-hybridized carbons (Fsp3) is 0.658. The Morgan fingerprint density at radius 1 is 1.00 bits per heavy atom. The molecule has 0 radical (unpaired) electrons. The second-order valence-corrected chi connectivity index (χ2v) is 21.7. The van der Waals surface area contributed by atoms with Gasteiger partial charge in [-0.25, -0.2) is 0 Å². The van der Waals surface area contributed by atoms with Gasteiger partial charge in [0.2, 0.25) is 0 Å². The molecule has 1 aromatic carbocycles. The normalized spacial score (nSPS) is 23.8. The fourth-order valence-corrected chi connectivity index (χ4v) is 8.64. The molecule has 3 atom stereocenters. The van der Waals surface area contributed by atoms with Crippen LogP contribution in [-0.2, 0) is 16.3 Å². The molecule has 3 aliphatic rings. The Kier molecular flexibility index (Phi) is 8.53. The summed E-state index contributed by atoms with van der Waals surface area (Å²) in [7, 11) is -2.07. The van der Waals surface area contributed by atoms with E-state index in [9.17, 15) is 5.11 Å². The molecule has 0 bridgehead atoms. The molecule has 0 aliphatic heterocycles. The molecule has 1 aromatic heterocycles. The summed E-state index contributed by atoms with van der Waals surface area (Å²) >= 11 is 0. The minimum atomic E-state index is -2.07. The van der Waals surface area contributed by atoms with Crippen LogP contribution in [0.3, 0.4) is 0 Å². The number of fused-ring (bicyclic) bond motifs is 1. The van der Waals surface area contributed by atoms with Crippen LogP contribution in [0.1, 0.15) is 164 Å². The van der Waals surface area contributed by atoms with Gasteiger partial charge >= 0.3 is 0 Å². The van der Waals surface area contributed by atoms with Crippen LogP contribution in [0.5, 0.6) is 0 Å². The molecule has 1 saturated carbocycles. The molecule has 4 heteroatoms. The molecule has 1 N–H and O–H groups in total. The van der Waals surface area contributed by atoms with E-state index in [0.717, 1.165) is 36.8 Å². The Morgan fingerprint density at radius 2 is 1.69 bits per heavy atom. The van der Waals surface area contributed by atoms with E-state index in [1.54, 1.807) is 0 Å². The first-order valence-corrected chi connectivity index (χ1v) is 19.6. The molecule has 0 saturated heterocycles. The molecule has 3 nitrogen and oxygen atoms in total. The molecule has 1 heterocycles. The number of aliphatic hydroxyl groups is 1. The third kappa shape index (κ3) is 6.24. The largest absolute Gasteiger partial charge is 0.410 e. The van der Waals surface area contributed by atoms with Gasteiger partial charge in [-0.1, -0.05) is 105 Å². The SMILES string of the molecule is CC1(C)Cc2nc(C3CCCC3)c([C@H](O)c3cccc(C(C)(C)C)c3)c(C3C=CCC3)c2C(O[Si](C)(C)C(C)(C)C)C1. The van der Waals surface area contributed by atoms with Gasteiger partial charge in [0.15, 0.2) is 8.32 Å². The summed E-state index contributed by atoms with van der Waals surface area (Å²) in [5.41, 5.74) is 8.58. The molecule has 2 unspecified atom stereocenters. The highest BCUT2D eigenvalue weighted by Crippen LogP contribution is 2.53. The maximum Gasteiger partial charge on any atom is 0.192 e. The first kappa shape index (κ1) is 31.7. The first-order chi connectivity index (χ1) is 19.5. The van der Waals surface area contributed by atoms with Gasteiger partial charge in [0.1, 0.15) is 6.10 Å². The Balaban J connectivity index is 1.78. The van der Waals surface area contributed by atoms with Crippen LogP contribution in [0, 0.1) is 5.41 Å². The van der Waals surface area contributed by atoms with Gasteiger partial charge in [-0.05, 0) is 84.2 Å². The summed E-state index contributed by atoms with van der Waals surface area (Å²) in [6.07, 6.45) is 13.1. The monoisotopic (exact) mass is 587 g/mol. The minimum absolute atomic E-state index is 0.00521. The summed E-state index contributed by atoms with van der Waals surface area (Å²) in [6.45, 7) is 23.3. The van der Waals surface area contributed by atoms with Gasteiger partial charge in [-0.3, -0.25) is 4.98 Å². The van der Waals surface area contributed by atoms with Crippen LogP contribution >= 0.6 is 0 Å². The maximum absolute atomic E-state index is 12.5. The average Bonchev–Trinajstić information content (AvgIpc) is 3.60. The number of benzene rings is 1. The van der Waals surface area contributed by atoms with Crippen molar-refractivity contribution in [1.82, 2.24) is 4.98 Å². The Morgan fingerprint density at radius 3 is 2.29 bits per heavy atom. The highest BCUT2D eigenvalue weighted by atomic mass is 28.4. The van der Waals surface area contributed by atoms with E-state index < -0.39 is 14.4 Å². The van der Waals surface area contributed by atoms with Gasteiger partial charge < -0.3 is 9.53 Å². The van der Waals surface area contributed by atoms with Crippen LogP contribution in [0.15, 0.2) is 36.4 Å². The number of allylic oxidation sites excluding steroid dienone is 2. The topological polar surface area (TPSA) is 42.4 Å². The second kappa shape index (κ2) is 11.3. The first-order valence-electron chi connectivity index (χ1n) is 16.7. The average molecular weight is 588 g/mol. The van der Waals surface area contributed by atoms with Crippen molar-refractivity contribution in [2.45, 2.75) is 154 Å². The Hall–Kier alpha value is -1.75. The van der Waals surface area contributed by atoms with E-state index >= 15 is 0 Å². The van der Waals surface area contributed by atoms with Crippen molar-refractivity contribution in [2.24, 2.45) is 5.41 Å². The van der Waals surface area contributed by atoms with Crippen LogP contribution in [0.2, 0.25) is 18.1 Å². The van der Waals surface area contributed by atoms with Gasteiger partial charge in [0.25, 0.3) is 0 Å². The van der Waals surface area contributed by atoms with Gasteiger partial charge in [-0.2, -0.15) is 0 Å². The smallest absolute Gasteiger partial charge is 0.192 e. The van der Waals surface area contributed by atoms with Crippen LogP contribution < -0.4 is 0 Å². The number of rotatable bonds is 6. The van der Waals surface area contributed by atoms with Crippen LogP contribution in [0.4, 0.5) is 0 Å². The number of nitrogens with zero attached hydrogens (tertiary/aromatic N) is 1. The summed E-state index contributed by atoms with van der Waals surface area (Å²) in [4.78, 5) is 5.63. The zero-order chi connectivity index (χ0) is 30.7. The third-order valence-electron chi connectivity index (χ3n) is 10.8. The van der Waals surface area contributed by atoms with Crippen molar-refractivity contribution in [2.75, 3.05) is 0 Å². The van der Waals surface area contributed by atoms with E-state index in [4.69, 9.17) is 9.41 Å². The molecule has 1 fully saturated rings. The molecule has 230 valence electrons. The zero-order valence-electron chi connectivity index (χ0n) is 28.2. The lowest BCUT2D eigenvalue weighted by molar-refractivity contribution is 0.104. The summed E-state index contributed by atoms with van der Waals surface area (Å²) < 4.78 is 7.37. The molecule has 5 rings (SSSR count). The molecule has 3 aliphatic carbocycles. The van der Waals surface area contributed by atoms with E-state index in [0.29, 0.717) is 11.8 Å². The summed E-state index contributed by atoms with van der Waals surface area (Å²) in [5.74, 6) is 0.712. The van der Waals surface area contributed by atoms with Gasteiger partial charge in [-0.15, -0.1) is 0 Å². The quantitative estimate of drug-likeness (QED) is 0.270. The standard InChI is InChI=1S/C38H57NO2Si/c1-36(2,3)28-21-15-20-27(22-28)35(40)33-31(25-16-11-12-17-25)32-29(39-34(33)26-18-13-14-19-26)23-38(7,8)24-30(32)41-42(9,10)37(4,5)6/h11,15-16,20-22,25-26,30,35,40H,12-14,17-19,23-24H2,1-10H3/t25?,30?,35-/m1/s1. The van der Waals surface area contributed by atoms with Crippen molar-refractivity contribution in [3.63, 3.8) is 0 Å². The van der Waals surface area contributed by atoms with Crippen molar-refractivity contribution < 1.29 is 9.53 Å². The van der Waals surface area contributed by atoms with E-state index in [-0.39, 0.29) is 22.0 Å². The summed E-state index contributed by atoms with van der Waals surface area (Å²) in [5, 5.41) is 12.6. The van der Waals surface area contributed by atoms with E-state index in [1.165, 1.54) is 53.8 Å². The number of pyridine rings is 1. The zero-order valence-corrected chi connectivity index (χ0v) is 29.2. The summed E-state index contributed by atoms with van der Waals surface area (Å²) in [6, 6.07) is 8.69. The molecule has 42 heavy (non-hydrogen) atoms. The highest BCUT2D eigenvalue weighted by molar-refractivity contribution is 6.74. The maximum atomic E-state index is 12.5. The lowest BCUT2D eigenvalue weighted by atomic mass is 9.70. The van der Waals surface area contributed by atoms with Crippen LogP contribution in [-0.4, -0.2) is 18.4 Å². The molecular formula is C38H57NO2Si. The second-order valence-electron chi connectivity index (χ2n) is 17.0. The number of hydrogen-bond donors (Lipinski definition) is 1. The Bertz CT molecular complexity index is 1320. The number of aliphatic hydroxyl groups excluding tert-OH is 1. The van der Waals surface area contributed by atoms with Crippen LogP contribution in [0.25, 0.3) is 0 Å². The van der Waals surface area contributed by atoms with E-state index in [2.05, 4.69) is 105 Å².